The van der Waals surface area contributed by atoms with E-state index in [1.54, 1.807) is 6.08 Å². The van der Waals surface area contributed by atoms with Crippen LogP contribution in [0, 0.1) is 40.4 Å². The summed E-state index contributed by atoms with van der Waals surface area (Å²) in [6.45, 7) is 8.36. The monoisotopic (exact) mass is 360 g/mol. The summed E-state index contributed by atoms with van der Waals surface area (Å²) in [5, 5.41) is 31.8. The Bertz CT molecular complexity index is 596. The average molecular weight is 361 g/mol. The molecule has 0 aliphatic heterocycles. The van der Waals surface area contributed by atoms with Gasteiger partial charge in [0.15, 0.2) is 0 Å². The molecule has 0 saturated heterocycles. The van der Waals surface area contributed by atoms with Crippen molar-refractivity contribution in [3.63, 3.8) is 0 Å². The Morgan fingerprint density at radius 1 is 1.04 bits per heavy atom. The predicted molar refractivity (Wildman–Crippen MR) is 102 cm³/mol. The summed E-state index contributed by atoms with van der Waals surface area (Å²) in [6.07, 6.45) is 8.97. The largest absolute Gasteiger partial charge is 0.393 e. The van der Waals surface area contributed by atoms with Crippen molar-refractivity contribution in [3.05, 3.63) is 18.4 Å². The second-order valence-electron chi connectivity index (χ2n) is 10.2. The lowest BCUT2D eigenvalue weighted by Gasteiger charge is -2.62. The fourth-order valence-corrected chi connectivity index (χ4v) is 8.14. The summed E-state index contributed by atoms with van der Waals surface area (Å²) in [6, 6.07) is 0. The first-order valence-corrected chi connectivity index (χ1v) is 10.7. The highest BCUT2D eigenvalue weighted by atomic mass is 16.3. The van der Waals surface area contributed by atoms with E-state index < -0.39 is 6.10 Å². The molecule has 0 aromatic rings. The minimum absolute atomic E-state index is 0.0405. The molecule has 4 aliphatic carbocycles. The van der Waals surface area contributed by atoms with E-state index in [9.17, 15) is 15.3 Å². The van der Waals surface area contributed by atoms with E-state index in [2.05, 4.69) is 26.2 Å². The highest BCUT2D eigenvalue weighted by Gasteiger charge is 2.62. The van der Waals surface area contributed by atoms with Crippen LogP contribution >= 0.6 is 0 Å². The first-order chi connectivity index (χ1) is 12.3. The number of aliphatic hydroxyl groups is 3. The summed E-state index contributed by atoms with van der Waals surface area (Å²) in [5.74, 6) is 2.64. The fourth-order valence-electron chi connectivity index (χ4n) is 8.14. The van der Waals surface area contributed by atoms with E-state index in [1.165, 1.54) is 12.8 Å². The molecule has 1 unspecified atom stereocenters. The molecular weight excluding hydrogens is 324 g/mol. The molecular formula is C23H36O3. The van der Waals surface area contributed by atoms with Crippen molar-refractivity contribution in [1.82, 2.24) is 0 Å². The van der Waals surface area contributed by atoms with Crippen LogP contribution in [0.25, 0.3) is 0 Å². The molecule has 0 heterocycles. The Hall–Kier alpha value is -0.600. The van der Waals surface area contributed by atoms with Crippen LogP contribution in [-0.4, -0.2) is 33.6 Å². The third-order valence-corrected chi connectivity index (χ3v) is 9.51. The maximum atomic E-state index is 11.0. The van der Waals surface area contributed by atoms with Crippen LogP contribution in [0.2, 0.25) is 0 Å². The van der Waals surface area contributed by atoms with E-state index in [-0.39, 0.29) is 23.0 Å². The molecule has 0 radical (unpaired) electrons. The van der Waals surface area contributed by atoms with Gasteiger partial charge in [0, 0.05) is 0 Å². The van der Waals surface area contributed by atoms with Gasteiger partial charge < -0.3 is 15.3 Å². The standard InChI is InChI=1S/C23H36O3/c1-4-5-20(25)19-9-8-17-16-7-6-14-12-15(24)13-21(26)23(14,3)18(16)10-11-22(17,19)2/h5,14-21,24-26H,1,6-13H2,2-3H3/t14-,15-,16-,17-,18-,19+,20?,21-,22-,23-/m1/s1. The third kappa shape index (κ3) is 2.51. The number of rotatable bonds is 2. The van der Waals surface area contributed by atoms with Crippen LogP contribution < -0.4 is 0 Å². The number of hydrogen-bond donors (Lipinski definition) is 3. The normalized spacial score (nSPS) is 54.4. The van der Waals surface area contributed by atoms with Gasteiger partial charge in [0.05, 0.1) is 18.3 Å². The zero-order valence-electron chi connectivity index (χ0n) is 16.4. The minimum Gasteiger partial charge on any atom is -0.393 e. The van der Waals surface area contributed by atoms with Crippen molar-refractivity contribution < 1.29 is 15.3 Å². The maximum absolute atomic E-state index is 11.0. The molecule has 0 aromatic carbocycles. The summed E-state index contributed by atoms with van der Waals surface area (Å²) in [7, 11) is 0. The van der Waals surface area contributed by atoms with E-state index >= 15 is 0 Å². The number of fused-ring (bicyclic) bond motifs is 5. The smallest absolute Gasteiger partial charge is 0.0827 e. The average Bonchev–Trinajstić information content (AvgIpc) is 2.94. The second kappa shape index (κ2) is 6.48. The van der Waals surface area contributed by atoms with Gasteiger partial charge in [-0.2, -0.15) is 0 Å². The van der Waals surface area contributed by atoms with E-state index in [0.717, 1.165) is 32.1 Å². The molecule has 0 amide bonds. The molecule has 4 saturated carbocycles. The zero-order chi connectivity index (χ0) is 18.7. The van der Waals surface area contributed by atoms with Gasteiger partial charge in [0.2, 0.25) is 0 Å². The highest BCUT2D eigenvalue weighted by Crippen LogP contribution is 2.67. The minimum atomic E-state index is -0.429. The molecule has 26 heavy (non-hydrogen) atoms. The van der Waals surface area contributed by atoms with E-state index in [1.807, 2.05) is 0 Å². The molecule has 3 N–H and O–H groups in total. The molecule has 4 aliphatic rings. The van der Waals surface area contributed by atoms with Crippen molar-refractivity contribution in [2.75, 3.05) is 0 Å². The topological polar surface area (TPSA) is 60.7 Å². The quantitative estimate of drug-likeness (QED) is 0.658. The van der Waals surface area contributed by atoms with Crippen LogP contribution in [0.4, 0.5) is 0 Å². The summed E-state index contributed by atoms with van der Waals surface area (Å²) >= 11 is 0. The molecule has 3 heteroatoms. The Morgan fingerprint density at radius 2 is 1.81 bits per heavy atom. The molecule has 3 nitrogen and oxygen atoms in total. The van der Waals surface area contributed by atoms with Crippen LogP contribution in [-0.2, 0) is 0 Å². The van der Waals surface area contributed by atoms with E-state index in [4.69, 9.17) is 0 Å². The Morgan fingerprint density at radius 3 is 2.54 bits per heavy atom. The molecule has 0 spiro atoms. The van der Waals surface area contributed by atoms with Crippen molar-refractivity contribution in [1.29, 1.82) is 0 Å². The molecule has 10 atom stereocenters. The zero-order valence-corrected chi connectivity index (χ0v) is 16.4. The summed E-state index contributed by atoms with van der Waals surface area (Å²) in [5.41, 5.74) is 2.94. The third-order valence-electron chi connectivity index (χ3n) is 9.51. The van der Waals surface area contributed by atoms with Gasteiger partial charge in [-0.1, -0.05) is 20.4 Å². The van der Waals surface area contributed by atoms with Gasteiger partial charge in [-0.25, -0.2) is 0 Å². The second-order valence-corrected chi connectivity index (χ2v) is 10.2. The molecule has 0 aromatic heterocycles. The molecule has 4 rings (SSSR count). The van der Waals surface area contributed by atoms with Crippen molar-refractivity contribution in [3.8, 4) is 0 Å². The lowest BCUT2D eigenvalue weighted by molar-refractivity contribution is -0.182. The van der Waals surface area contributed by atoms with Gasteiger partial charge in [0.25, 0.3) is 0 Å². The Kier molecular flexibility index (Phi) is 4.67. The van der Waals surface area contributed by atoms with Crippen LogP contribution in [0.1, 0.15) is 65.2 Å². The van der Waals surface area contributed by atoms with Crippen molar-refractivity contribution >= 4 is 0 Å². The first kappa shape index (κ1) is 18.7. The highest BCUT2D eigenvalue weighted by molar-refractivity contribution is 5.13. The maximum Gasteiger partial charge on any atom is 0.0827 e. The summed E-state index contributed by atoms with van der Waals surface area (Å²) < 4.78 is 0. The van der Waals surface area contributed by atoms with Gasteiger partial charge in [-0.15, -0.1) is 5.73 Å². The molecule has 146 valence electrons. The number of hydrogen-bond acceptors (Lipinski definition) is 3. The molecule has 4 fully saturated rings. The van der Waals surface area contributed by atoms with Gasteiger partial charge in [-0.3, -0.25) is 0 Å². The lowest BCUT2D eigenvalue weighted by Crippen LogP contribution is -2.59. The van der Waals surface area contributed by atoms with Crippen LogP contribution in [0.15, 0.2) is 18.4 Å². The summed E-state index contributed by atoms with van der Waals surface area (Å²) in [4.78, 5) is 0. The van der Waals surface area contributed by atoms with Gasteiger partial charge in [0.1, 0.15) is 0 Å². The lowest BCUT2D eigenvalue weighted by atomic mass is 9.44. The predicted octanol–water partition coefficient (Wildman–Crippen LogP) is 3.68. The van der Waals surface area contributed by atoms with Crippen molar-refractivity contribution in [2.45, 2.75) is 83.5 Å². The van der Waals surface area contributed by atoms with Crippen molar-refractivity contribution in [2.24, 2.45) is 40.4 Å². The van der Waals surface area contributed by atoms with E-state index in [0.29, 0.717) is 36.0 Å². The first-order valence-electron chi connectivity index (χ1n) is 10.7. The van der Waals surface area contributed by atoms with Gasteiger partial charge in [-0.05, 0) is 97.9 Å². The SMILES string of the molecule is C=C=CC(O)[C@@H]1CC[C@@H]2[C@H]3CC[C@@H]4C[C@@H](O)C[C@@H](O)[C@@]4(C)[C@@H]3CC[C@]21C. The van der Waals surface area contributed by atoms with Gasteiger partial charge >= 0.3 is 0 Å². The Balaban J connectivity index is 1.62. The number of aliphatic hydroxyl groups excluding tert-OH is 3. The Labute approximate surface area is 158 Å². The fraction of sp³-hybridized carbons (Fsp3) is 0.870. The van der Waals surface area contributed by atoms with Crippen LogP contribution in [0.3, 0.4) is 0 Å². The molecule has 0 bridgehead atoms. The van der Waals surface area contributed by atoms with Crippen LogP contribution in [0.5, 0.6) is 0 Å².